The van der Waals surface area contributed by atoms with Gasteiger partial charge in [0.1, 0.15) is 0 Å². The first-order valence-corrected chi connectivity index (χ1v) is 9.76. The number of benzene rings is 2. The van der Waals surface area contributed by atoms with Gasteiger partial charge in [-0.25, -0.2) is 0 Å². The fraction of sp³-hybridized carbons (Fsp3) is 0.500. The summed E-state index contributed by atoms with van der Waals surface area (Å²) in [5.41, 5.74) is 4.77. The molecule has 0 nitrogen and oxygen atoms in total. The molecule has 2 rings (SSSR count). The summed E-state index contributed by atoms with van der Waals surface area (Å²) >= 11 is 0.732. The van der Waals surface area contributed by atoms with Crippen molar-refractivity contribution in [2.24, 2.45) is 0 Å². The van der Waals surface area contributed by atoms with Crippen LogP contribution in [-0.4, -0.2) is 49.0 Å². The molecule has 21 heavy (non-hydrogen) atoms. The van der Waals surface area contributed by atoms with Gasteiger partial charge in [-0.1, -0.05) is 0 Å². The normalized spacial score (nSPS) is 12.7. The summed E-state index contributed by atoms with van der Waals surface area (Å²) in [6.07, 6.45) is 0. The molecule has 0 heterocycles. The standard InChI is InChI=1S/C20H27.K/c1-13(2)16-11-15-9-8-10-19(20(5,6)7)18(15)12-17(16)14(3)4;/h9-14H,1-7H3;. The molecule has 0 radical (unpaired) electrons. The SMILES string of the molecule is CC(C)c1cc2c[c]([K])cc(C(C)(C)C)c2cc1C(C)C. The summed E-state index contributed by atoms with van der Waals surface area (Å²) in [5, 5.41) is 2.90. The van der Waals surface area contributed by atoms with Crippen LogP contribution in [-0.2, 0) is 5.41 Å². The molecule has 0 bridgehead atoms. The van der Waals surface area contributed by atoms with Crippen LogP contribution < -0.4 is -0.342 Å². The second-order valence-corrected chi connectivity index (χ2v) is 9.88. The van der Waals surface area contributed by atoms with Gasteiger partial charge in [0.05, 0.1) is 0 Å². The second-order valence-electron chi connectivity index (χ2n) is 8.07. The first-order valence-electron chi connectivity index (χ1n) is 8.20. The molecule has 0 N–H and O–H groups in total. The molecule has 0 aromatic heterocycles. The quantitative estimate of drug-likeness (QED) is 0.671. The Morgan fingerprint density at radius 2 is 1.33 bits per heavy atom. The van der Waals surface area contributed by atoms with Crippen LogP contribution in [0.2, 0.25) is 0 Å². The number of fused-ring (bicyclic) bond motifs is 1. The van der Waals surface area contributed by atoms with E-state index in [1.807, 2.05) is 0 Å². The predicted octanol–water partition coefficient (Wildman–Crippen LogP) is 5.18. The van der Waals surface area contributed by atoms with Gasteiger partial charge < -0.3 is 0 Å². The van der Waals surface area contributed by atoms with Gasteiger partial charge in [0.15, 0.2) is 0 Å². The van der Waals surface area contributed by atoms with Crippen molar-refractivity contribution in [1.29, 1.82) is 0 Å². The van der Waals surface area contributed by atoms with Gasteiger partial charge >= 0.3 is 166 Å². The number of hydrogen-bond donors (Lipinski definition) is 0. The number of hydrogen-bond acceptors (Lipinski definition) is 0. The molecule has 2 aromatic carbocycles. The van der Waals surface area contributed by atoms with Crippen molar-refractivity contribution in [1.82, 2.24) is 0 Å². The van der Waals surface area contributed by atoms with Gasteiger partial charge in [0.2, 0.25) is 0 Å². The first kappa shape index (κ1) is 17.7. The Morgan fingerprint density at radius 3 is 1.81 bits per heavy atom. The van der Waals surface area contributed by atoms with Crippen LogP contribution >= 0.6 is 0 Å². The molecular formula is C20H27K. The molecule has 0 atom stereocenters. The van der Waals surface area contributed by atoms with Crippen molar-refractivity contribution < 1.29 is 0 Å². The first-order chi connectivity index (χ1) is 9.61. The second kappa shape index (κ2) is 6.45. The summed E-state index contributed by atoms with van der Waals surface area (Å²) < 4.78 is 1.55. The molecule has 0 aliphatic heterocycles. The molecule has 0 saturated carbocycles. The van der Waals surface area contributed by atoms with Crippen molar-refractivity contribution in [3.05, 3.63) is 41.0 Å². The summed E-state index contributed by atoms with van der Waals surface area (Å²) in [6.45, 7) is 16.2. The van der Waals surface area contributed by atoms with E-state index in [0.29, 0.717) is 11.8 Å². The number of rotatable bonds is 2. The molecular weight excluding hydrogens is 279 g/mol. The van der Waals surface area contributed by atoms with E-state index in [9.17, 15) is 0 Å². The molecule has 0 spiro atoms. The van der Waals surface area contributed by atoms with Crippen molar-refractivity contribution in [2.45, 2.75) is 65.7 Å². The zero-order chi connectivity index (χ0) is 15.9. The zero-order valence-electron chi connectivity index (χ0n) is 15.0. The molecule has 0 amide bonds. The Labute approximate surface area is 164 Å². The maximum atomic E-state index is 2.47. The molecule has 0 unspecified atom stereocenters. The van der Waals surface area contributed by atoms with Crippen molar-refractivity contribution in [2.75, 3.05) is 0 Å². The minimum absolute atomic E-state index is 0.208. The third kappa shape index (κ3) is 3.81. The fourth-order valence-corrected chi connectivity index (χ4v) is 4.15. The molecule has 108 valence electrons. The average molecular weight is 307 g/mol. The summed E-state index contributed by atoms with van der Waals surface area (Å²) in [7, 11) is 0. The van der Waals surface area contributed by atoms with Crippen LogP contribution in [0.5, 0.6) is 0 Å². The van der Waals surface area contributed by atoms with Crippen LogP contribution in [0.15, 0.2) is 24.3 Å². The predicted molar refractivity (Wildman–Crippen MR) is 96.2 cm³/mol. The zero-order valence-corrected chi connectivity index (χ0v) is 18.1. The minimum atomic E-state index is 0.208. The van der Waals surface area contributed by atoms with Gasteiger partial charge in [-0.15, -0.1) is 0 Å². The van der Waals surface area contributed by atoms with Gasteiger partial charge in [-0.05, 0) is 0 Å². The van der Waals surface area contributed by atoms with E-state index in [2.05, 4.69) is 72.7 Å². The van der Waals surface area contributed by atoms with Crippen LogP contribution in [0, 0.1) is 0 Å². The Balaban J connectivity index is 2.88. The molecule has 1 heteroatoms. The van der Waals surface area contributed by atoms with E-state index >= 15 is 0 Å². The van der Waals surface area contributed by atoms with Crippen molar-refractivity contribution >= 4 is 59.4 Å². The van der Waals surface area contributed by atoms with Gasteiger partial charge in [0, 0.05) is 0 Å². The summed E-state index contributed by atoms with van der Waals surface area (Å²) in [4.78, 5) is 0. The van der Waals surface area contributed by atoms with E-state index in [1.165, 1.54) is 27.5 Å². The van der Waals surface area contributed by atoms with Crippen LogP contribution in [0.1, 0.15) is 77.0 Å². The Kier molecular flexibility index (Phi) is 5.43. The van der Waals surface area contributed by atoms with E-state index < -0.39 is 0 Å². The molecule has 2 aromatic rings. The summed E-state index contributed by atoms with van der Waals surface area (Å²) in [6, 6.07) is 9.80. The van der Waals surface area contributed by atoms with Crippen LogP contribution in [0.4, 0.5) is 0 Å². The Bertz CT molecular complexity index is 658. The van der Waals surface area contributed by atoms with E-state index in [1.54, 1.807) is -0.342 Å². The van der Waals surface area contributed by atoms with E-state index in [4.69, 9.17) is 0 Å². The van der Waals surface area contributed by atoms with E-state index in [-0.39, 0.29) is 5.41 Å². The third-order valence-electron chi connectivity index (χ3n) is 4.35. The van der Waals surface area contributed by atoms with Gasteiger partial charge in [-0.2, -0.15) is 0 Å². The topological polar surface area (TPSA) is 0 Å². The van der Waals surface area contributed by atoms with Gasteiger partial charge in [-0.3, -0.25) is 0 Å². The Morgan fingerprint density at radius 1 is 0.810 bits per heavy atom. The van der Waals surface area contributed by atoms with Crippen LogP contribution in [0.3, 0.4) is 0 Å². The van der Waals surface area contributed by atoms with Crippen molar-refractivity contribution in [3.63, 3.8) is 0 Å². The van der Waals surface area contributed by atoms with Crippen LogP contribution in [0.25, 0.3) is 10.8 Å². The van der Waals surface area contributed by atoms with Gasteiger partial charge in [0.25, 0.3) is 0 Å². The average Bonchev–Trinajstić information content (AvgIpc) is 2.34. The molecule has 0 saturated heterocycles. The van der Waals surface area contributed by atoms with E-state index in [0.717, 1.165) is 49.0 Å². The third-order valence-corrected chi connectivity index (χ3v) is 5.25. The van der Waals surface area contributed by atoms with Crippen molar-refractivity contribution in [3.8, 4) is 0 Å². The monoisotopic (exact) mass is 306 g/mol. The molecule has 0 fully saturated rings. The summed E-state index contributed by atoms with van der Waals surface area (Å²) in [5.74, 6) is 1.17. The Hall–Kier alpha value is 0.336. The molecule has 0 aliphatic carbocycles. The maximum absolute atomic E-state index is 2.47. The fourth-order valence-electron chi connectivity index (χ4n) is 3.22. The molecule has 0 aliphatic rings.